The molecule has 0 heterocycles. The molecule has 2 amide bonds. The van der Waals surface area contributed by atoms with Gasteiger partial charge in [-0.1, -0.05) is 23.2 Å². The van der Waals surface area contributed by atoms with Crippen LogP contribution in [0.2, 0.25) is 10.0 Å². The number of hydrogen-bond donors (Lipinski definition) is 1. The summed E-state index contributed by atoms with van der Waals surface area (Å²) in [5.74, 6) is -0.195. The van der Waals surface area contributed by atoms with Crippen molar-refractivity contribution in [1.29, 1.82) is 0 Å². The van der Waals surface area contributed by atoms with Gasteiger partial charge in [0.15, 0.2) is 0 Å². The zero-order valence-electron chi connectivity index (χ0n) is 12.9. The van der Waals surface area contributed by atoms with Crippen LogP contribution < -0.4 is 10.3 Å². The predicted molar refractivity (Wildman–Crippen MR) is 89.5 cm³/mol. The van der Waals surface area contributed by atoms with Gasteiger partial charge in [0.05, 0.1) is 5.69 Å². The third-order valence-corrected chi connectivity index (χ3v) is 2.44. The molecule has 0 aliphatic carbocycles. The summed E-state index contributed by atoms with van der Waals surface area (Å²) in [6.07, 6.45) is 0.587. The highest BCUT2D eigenvalue weighted by Crippen LogP contribution is 2.25. The van der Waals surface area contributed by atoms with Crippen molar-refractivity contribution in [2.24, 2.45) is 5.10 Å². The van der Waals surface area contributed by atoms with E-state index in [9.17, 15) is 9.59 Å². The quantitative estimate of drug-likeness (QED) is 0.292. The molecule has 0 saturated carbocycles. The van der Waals surface area contributed by atoms with Gasteiger partial charge in [0.25, 0.3) is 0 Å². The average molecular weight is 348 g/mol. The molecule has 1 aromatic rings. The molecule has 0 fully saturated rings. The van der Waals surface area contributed by atoms with Crippen molar-refractivity contribution in [2.45, 2.75) is 20.8 Å². The summed E-state index contributed by atoms with van der Waals surface area (Å²) in [6, 6.07) is 4.88. The van der Waals surface area contributed by atoms with Crippen molar-refractivity contribution in [3.63, 3.8) is 0 Å². The molecule has 0 aliphatic rings. The summed E-state index contributed by atoms with van der Waals surface area (Å²) in [4.78, 5) is 20.8. The van der Waals surface area contributed by atoms with Crippen LogP contribution in [0.3, 0.4) is 0 Å². The van der Waals surface area contributed by atoms with Gasteiger partial charge < -0.3 is 10.1 Å². The number of hydrogen-bond acceptors (Lipinski definition) is 4. The van der Waals surface area contributed by atoms with Gasteiger partial charge in [-0.05, 0) is 32.0 Å². The molecule has 0 saturated heterocycles. The number of carbonyl (C=O) groups excluding carboxylic acids is 2. The maximum absolute atomic E-state index is 11.4. The predicted octanol–water partition coefficient (Wildman–Crippen LogP) is 3.08. The zero-order valence-corrected chi connectivity index (χ0v) is 14.4. The van der Waals surface area contributed by atoms with Crippen LogP contribution in [0.4, 0.5) is 5.69 Å². The van der Waals surface area contributed by atoms with Crippen LogP contribution in [0.5, 0.6) is 0 Å². The monoisotopic (exact) mass is 347 g/mol. The second-order valence-electron chi connectivity index (χ2n) is 4.26. The van der Waals surface area contributed by atoms with Crippen LogP contribution in [-0.4, -0.2) is 31.9 Å². The van der Waals surface area contributed by atoms with E-state index in [4.69, 9.17) is 23.2 Å². The summed E-state index contributed by atoms with van der Waals surface area (Å²) in [5, 5.41) is 8.62. The number of ether oxygens (including phenoxy) is 1. The third-order valence-electron chi connectivity index (χ3n) is 2.00. The van der Waals surface area contributed by atoms with E-state index in [1.54, 1.807) is 18.2 Å². The average Bonchev–Trinajstić information content (AvgIpc) is 2.41. The first-order valence-electron chi connectivity index (χ1n) is 6.26. The standard InChI is InChI=1S/C11H12Cl2N2O.C3H7NO2/c1-7(2)14-15(8(3)16)11-5-9(12)4-10(13)6-11;1-6-3-4-2-5/h4-6H,1-3H3;2H,3H2,1H3,(H,4,5). The number of nitrogens with one attached hydrogen (secondary N) is 1. The minimum Gasteiger partial charge on any atom is -0.365 e. The van der Waals surface area contributed by atoms with E-state index >= 15 is 0 Å². The van der Waals surface area contributed by atoms with Crippen molar-refractivity contribution < 1.29 is 14.3 Å². The highest BCUT2D eigenvalue weighted by molar-refractivity contribution is 6.35. The van der Waals surface area contributed by atoms with E-state index in [2.05, 4.69) is 15.2 Å². The molecule has 6 nitrogen and oxygen atoms in total. The smallest absolute Gasteiger partial charge is 0.244 e. The fourth-order valence-corrected chi connectivity index (χ4v) is 1.80. The minimum absolute atomic E-state index is 0.195. The second kappa shape index (κ2) is 11.0. The molecule has 0 radical (unpaired) electrons. The summed E-state index contributed by atoms with van der Waals surface area (Å²) in [6.45, 7) is 5.34. The van der Waals surface area contributed by atoms with Crippen molar-refractivity contribution >= 4 is 46.9 Å². The largest absolute Gasteiger partial charge is 0.365 e. The Hall–Kier alpha value is -1.63. The topological polar surface area (TPSA) is 71.0 Å². The summed E-state index contributed by atoms with van der Waals surface area (Å²) < 4.78 is 4.44. The molecule has 0 unspecified atom stereocenters. The Morgan fingerprint density at radius 1 is 1.27 bits per heavy atom. The summed E-state index contributed by atoms with van der Waals surface area (Å²) >= 11 is 11.7. The number of carbonyl (C=O) groups is 2. The van der Waals surface area contributed by atoms with Gasteiger partial charge in [-0.2, -0.15) is 5.10 Å². The molecule has 0 bridgehead atoms. The number of amides is 2. The van der Waals surface area contributed by atoms with Crippen molar-refractivity contribution in [3.8, 4) is 0 Å². The number of halogens is 2. The Morgan fingerprint density at radius 2 is 1.82 bits per heavy atom. The molecule has 1 N–H and O–H groups in total. The number of nitrogens with zero attached hydrogens (tertiary/aromatic N) is 2. The van der Waals surface area contributed by atoms with Crippen molar-refractivity contribution in [3.05, 3.63) is 28.2 Å². The van der Waals surface area contributed by atoms with Crippen molar-refractivity contribution in [1.82, 2.24) is 5.32 Å². The minimum atomic E-state index is -0.195. The molecular formula is C14H19Cl2N3O3. The lowest BCUT2D eigenvalue weighted by molar-refractivity contribution is -0.116. The van der Waals surface area contributed by atoms with Gasteiger partial charge in [-0.3, -0.25) is 9.59 Å². The van der Waals surface area contributed by atoms with Crippen molar-refractivity contribution in [2.75, 3.05) is 18.8 Å². The van der Waals surface area contributed by atoms with Gasteiger partial charge in [0, 0.05) is 29.8 Å². The Bertz CT molecular complexity index is 512. The third kappa shape index (κ3) is 8.61. The molecule has 22 heavy (non-hydrogen) atoms. The van der Waals surface area contributed by atoms with Gasteiger partial charge >= 0.3 is 0 Å². The first kappa shape index (κ1) is 20.4. The van der Waals surface area contributed by atoms with Crippen LogP contribution in [0.25, 0.3) is 0 Å². The molecule has 0 aromatic heterocycles. The van der Waals surface area contributed by atoms with Gasteiger partial charge in [-0.15, -0.1) is 0 Å². The lowest BCUT2D eigenvalue weighted by Gasteiger charge is -2.16. The van der Waals surface area contributed by atoms with E-state index < -0.39 is 0 Å². The molecule has 0 atom stereocenters. The number of anilines is 1. The first-order valence-corrected chi connectivity index (χ1v) is 7.02. The van der Waals surface area contributed by atoms with Gasteiger partial charge in [0.2, 0.25) is 12.3 Å². The molecule has 1 rings (SSSR count). The van der Waals surface area contributed by atoms with E-state index in [1.807, 2.05) is 13.8 Å². The van der Waals surface area contributed by atoms with Gasteiger partial charge in [-0.25, -0.2) is 5.01 Å². The van der Waals surface area contributed by atoms with Crippen LogP contribution in [0, 0.1) is 0 Å². The van der Waals surface area contributed by atoms with Gasteiger partial charge in [0.1, 0.15) is 6.73 Å². The van der Waals surface area contributed by atoms with E-state index in [0.29, 0.717) is 28.9 Å². The van der Waals surface area contributed by atoms with Crippen LogP contribution in [0.15, 0.2) is 23.3 Å². The molecule has 8 heteroatoms. The summed E-state index contributed by atoms with van der Waals surface area (Å²) in [5.41, 5.74) is 1.33. The number of hydrazone groups is 1. The van der Waals surface area contributed by atoms with Crippen LogP contribution in [0.1, 0.15) is 20.8 Å². The molecule has 122 valence electrons. The summed E-state index contributed by atoms with van der Waals surface area (Å²) in [7, 11) is 1.51. The number of benzene rings is 1. The van der Waals surface area contributed by atoms with E-state index in [-0.39, 0.29) is 5.91 Å². The molecular weight excluding hydrogens is 329 g/mol. The molecule has 1 aromatic carbocycles. The van der Waals surface area contributed by atoms with Crippen LogP contribution >= 0.6 is 23.2 Å². The molecule has 0 aliphatic heterocycles. The highest BCUT2D eigenvalue weighted by atomic mass is 35.5. The highest BCUT2D eigenvalue weighted by Gasteiger charge is 2.11. The number of rotatable bonds is 5. The fraction of sp³-hybridized carbons (Fsp3) is 0.357. The van der Waals surface area contributed by atoms with Crippen LogP contribution in [-0.2, 0) is 14.3 Å². The Labute approximate surface area is 140 Å². The van der Waals surface area contributed by atoms with E-state index in [1.165, 1.54) is 19.0 Å². The maximum atomic E-state index is 11.4. The SMILES string of the molecule is CC(=O)N(N=C(C)C)c1cc(Cl)cc(Cl)c1.COCNC=O. The lowest BCUT2D eigenvalue weighted by atomic mass is 10.3. The Kier molecular flexibility index (Phi) is 10.2. The normalized spacial score (nSPS) is 9.18. The molecule has 0 spiro atoms. The zero-order chi connectivity index (χ0) is 17.1. The lowest BCUT2D eigenvalue weighted by Crippen LogP contribution is -2.23. The second-order valence-corrected chi connectivity index (χ2v) is 5.13. The fourth-order valence-electron chi connectivity index (χ4n) is 1.29. The Morgan fingerprint density at radius 3 is 2.14 bits per heavy atom. The van der Waals surface area contributed by atoms with E-state index in [0.717, 1.165) is 5.71 Å². The number of methoxy groups -OCH3 is 1. The Balaban J connectivity index is 0.000000626. The first-order chi connectivity index (χ1) is 10.3. The maximum Gasteiger partial charge on any atom is 0.244 e.